The summed E-state index contributed by atoms with van der Waals surface area (Å²) in [5, 5.41) is 9.56. The van der Waals surface area contributed by atoms with Crippen molar-refractivity contribution < 1.29 is 9.53 Å². The smallest absolute Gasteiger partial charge is 0.343 e. The van der Waals surface area contributed by atoms with Gasteiger partial charge in [-0.25, -0.2) is 14.8 Å². The van der Waals surface area contributed by atoms with Gasteiger partial charge in [0, 0.05) is 18.0 Å². The zero-order valence-corrected chi connectivity index (χ0v) is 20.2. The van der Waals surface area contributed by atoms with Gasteiger partial charge in [-0.15, -0.1) is 0 Å². The van der Waals surface area contributed by atoms with Gasteiger partial charge < -0.3 is 4.74 Å². The molecule has 176 valence electrons. The first-order valence-electron chi connectivity index (χ1n) is 12.3. The number of rotatable bonds is 12. The van der Waals surface area contributed by atoms with Gasteiger partial charge in [0.1, 0.15) is 5.75 Å². The third-order valence-electron chi connectivity index (χ3n) is 5.83. The van der Waals surface area contributed by atoms with Crippen LogP contribution >= 0.6 is 0 Å². The maximum Gasteiger partial charge on any atom is 0.343 e. The zero-order chi connectivity index (χ0) is 24.2. The average Bonchev–Trinajstić information content (AvgIpc) is 2.87. The molecule has 3 rings (SSSR count). The van der Waals surface area contributed by atoms with Gasteiger partial charge in [0.25, 0.3) is 0 Å². The van der Waals surface area contributed by atoms with Crippen LogP contribution in [-0.2, 0) is 12.8 Å². The molecule has 0 saturated carbocycles. The lowest BCUT2D eigenvalue weighted by Crippen LogP contribution is -2.09. The average molecular weight is 456 g/mol. The Morgan fingerprint density at radius 3 is 2.26 bits per heavy atom. The number of carbonyl (C=O) groups is 1. The van der Waals surface area contributed by atoms with Crippen LogP contribution in [0, 0.1) is 11.3 Å². The van der Waals surface area contributed by atoms with Gasteiger partial charge in [-0.3, -0.25) is 0 Å². The Labute approximate surface area is 202 Å². The van der Waals surface area contributed by atoms with Crippen LogP contribution in [0.25, 0.3) is 11.4 Å². The van der Waals surface area contributed by atoms with E-state index in [4.69, 9.17) is 4.74 Å². The number of unbranched alkanes of at least 4 members (excludes halogenated alkanes) is 5. The molecule has 0 N–H and O–H groups in total. The van der Waals surface area contributed by atoms with E-state index in [0.29, 0.717) is 22.7 Å². The summed E-state index contributed by atoms with van der Waals surface area (Å²) in [6, 6.07) is 14.6. The van der Waals surface area contributed by atoms with Crippen LogP contribution < -0.4 is 4.74 Å². The number of aryl methyl sites for hydroxylation is 2. The summed E-state index contributed by atoms with van der Waals surface area (Å²) in [6.45, 7) is 4.34. The van der Waals surface area contributed by atoms with E-state index < -0.39 is 5.97 Å². The molecule has 34 heavy (non-hydrogen) atoms. The van der Waals surface area contributed by atoms with Gasteiger partial charge in [-0.05, 0) is 66.8 Å². The summed E-state index contributed by atoms with van der Waals surface area (Å²) in [5.74, 6) is 0.596. The van der Waals surface area contributed by atoms with Crippen molar-refractivity contribution in [1.82, 2.24) is 9.97 Å². The SMILES string of the molecule is CCCCCCCCc1ccc(C(=O)Oc2ccc(-c3ncc(CCC)cn3)cc2)cc1C#N. The van der Waals surface area contributed by atoms with E-state index in [9.17, 15) is 10.1 Å². The predicted molar refractivity (Wildman–Crippen MR) is 135 cm³/mol. The lowest BCUT2D eigenvalue weighted by Gasteiger charge is -2.08. The van der Waals surface area contributed by atoms with Crippen molar-refractivity contribution >= 4 is 5.97 Å². The topological polar surface area (TPSA) is 75.9 Å². The highest BCUT2D eigenvalue weighted by molar-refractivity contribution is 5.91. The van der Waals surface area contributed by atoms with Gasteiger partial charge in [-0.2, -0.15) is 5.26 Å². The summed E-state index contributed by atoms with van der Waals surface area (Å²) in [5.41, 5.74) is 3.88. The van der Waals surface area contributed by atoms with Crippen molar-refractivity contribution in [3.63, 3.8) is 0 Å². The molecule has 0 radical (unpaired) electrons. The van der Waals surface area contributed by atoms with Gasteiger partial charge in [0.15, 0.2) is 5.82 Å². The number of aromatic nitrogens is 2. The number of carbonyl (C=O) groups excluding carboxylic acids is 1. The zero-order valence-electron chi connectivity index (χ0n) is 20.2. The quantitative estimate of drug-likeness (QED) is 0.165. The molecule has 5 heteroatoms. The van der Waals surface area contributed by atoms with E-state index in [-0.39, 0.29) is 0 Å². The Balaban J connectivity index is 1.58. The minimum absolute atomic E-state index is 0.377. The van der Waals surface area contributed by atoms with Crippen molar-refractivity contribution in [3.05, 3.63) is 77.1 Å². The molecule has 0 amide bonds. The monoisotopic (exact) mass is 455 g/mol. The molecular weight excluding hydrogens is 422 g/mol. The Hall–Kier alpha value is -3.52. The second-order valence-corrected chi connectivity index (χ2v) is 8.58. The molecule has 0 aliphatic rings. The highest BCUT2D eigenvalue weighted by atomic mass is 16.5. The predicted octanol–water partition coefficient (Wildman–Crippen LogP) is 7.09. The van der Waals surface area contributed by atoms with Crippen LogP contribution in [0.4, 0.5) is 0 Å². The number of ether oxygens (including phenoxy) is 1. The van der Waals surface area contributed by atoms with E-state index in [2.05, 4.69) is 29.9 Å². The molecule has 0 spiro atoms. The third-order valence-corrected chi connectivity index (χ3v) is 5.83. The van der Waals surface area contributed by atoms with Crippen molar-refractivity contribution in [2.24, 2.45) is 0 Å². The summed E-state index contributed by atoms with van der Waals surface area (Å²) in [6.07, 6.45) is 13.8. The van der Waals surface area contributed by atoms with Crippen LogP contribution in [0.2, 0.25) is 0 Å². The minimum atomic E-state index is -0.476. The second-order valence-electron chi connectivity index (χ2n) is 8.58. The number of esters is 1. The Morgan fingerprint density at radius 2 is 1.59 bits per heavy atom. The van der Waals surface area contributed by atoms with E-state index in [0.717, 1.165) is 42.4 Å². The normalized spacial score (nSPS) is 10.6. The van der Waals surface area contributed by atoms with E-state index in [1.807, 2.05) is 30.6 Å². The molecule has 1 heterocycles. The van der Waals surface area contributed by atoms with E-state index in [1.54, 1.807) is 24.3 Å². The fourth-order valence-electron chi connectivity index (χ4n) is 3.88. The standard InChI is InChI=1S/C29H33N3O2/c1-3-5-6-7-8-9-11-23-12-13-25(18-26(23)19-30)29(33)34-27-16-14-24(15-17-27)28-31-20-22(10-4-2)21-32-28/h12-18,20-21H,3-11H2,1-2H3. The number of nitriles is 1. The highest BCUT2D eigenvalue weighted by Crippen LogP contribution is 2.21. The first kappa shape index (κ1) is 25.1. The fourth-order valence-corrected chi connectivity index (χ4v) is 3.88. The van der Waals surface area contributed by atoms with Crippen molar-refractivity contribution in [2.75, 3.05) is 0 Å². The van der Waals surface area contributed by atoms with Gasteiger partial charge in [0.05, 0.1) is 17.2 Å². The highest BCUT2D eigenvalue weighted by Gasteiger charge is 2.13. The molecule has 0 bridgehead atoms. The van der Waals surface area contributed by atoms with Crippen molar-refractivity contribution in [3.8, 4) is 23.2 Å². The molecule has 0 atom stereocenters. The van der Waals surface area contributed by atoms with Crippen LogP contribution in [0.5, 0.6) is 5.75 Å². The largest absolute Gasteiger partial charge is 0.423 e. The van der Waals surface area contributed by atoms with E-state index in [1.165, 1.54) is 32.1 Å². The first-order valence-corrected chi connectivity index (χ1v) is 12.3. The summed E-state index contributed by atoms with van der Waals surface area (Å²) in [4.78, 5) is 21.5. The number of nitrogens with zero attached hydrogens (tertiary/aromatic N) is 3. The molecule has 0 fully saturated rings. The number of benzene rings is 2. The Kier molecular flexibility index (Phi) is 9.79. The van der Waals surface area contributed by atoms with Crippen LogP contribution in [0.3, 0.4) is 0 Å². The van der Waals surface area contributed by atoms with Crippen LogP contribution in [0.1, 0.15) is 85.8 Å². The van der Waals surface area contributed by atoms with Crippen molar-refractivity contribution in [1.29, 1.82) is 5.26 Å². The molecular formula is C29H33N3O2. The van der Waals surface area contributed by atoms with Gasteiger partial charge >= 0.3 is 5.97 Å². The van der Waals surface area contributed by atoms with Crippen LogP contribution in [-0.4, -0.2) is 15.9 Å². The van der Waals surface area contributed by atoms with Gasteiger partial charge in [0.2, 0.25) is 0 Å². The molecule has 0 aliphatic heterocycles. The molecule has 3 aromatic rings. The third kappa shape index (κ3) is 7.25. The first-order chi connectivity index (χ1) is 16.6. The van der Waals surface area contributed by atoms with Crippen LogP contribution in [0.15, 0.2) is 54.9 Å². The minimum Gasteiger partial charge on any atom is -0.423 e. The summed E-state index contributed by atoms with van der Waals surface area (Å²) in [7, 11) is 0. The maximum atomic E-state index is 12.7. The molecule has 5 nitrogen and oxygen atoms in total. The summed E-state index contributed by atoms with van der Waals surface area (Å²) >= 11 is 0. The number of hydrogen-bond donors (Lipinski definition) is 0. The maximum absolute atomic E-state index is 12.7. The lowest BCUT2D eigenvalue weighted by atomic mass is 9.99. The van der Waals surface area contributed by atoms with Gasteiger partial charge in [-0.1, -0.05) is 58.4 Å². The summed E-state index contributed by atoms with van der Waals surface area (Å²) < 4.78 is 5.53. The Morgan fingerprint density at radius 1 is 0.882 bits per heavy atom. The van der Waals surface area contributed by atoms with Crippen molar-refractivity contribution in [2.45, 2.75) is 71.6 Å². The molecule has 0 aliphatic carbocycles. The lowest BCUT2D eigenvalue weighted by molar-refractivity contribution is 0.0734. The molecule has 0 saturated heterocycles. The second kappa shape index (κ2) is 13.3. The molecule has 0 unspecified atom stereocenters. The fraction of sp³-hybridized carbons (Fsp3) is 0.379. The Bertz CT molecular complexity index is 1100. The molecule has 1 aromatic heterocycles. The molecule has 2 aromatic carbocycles. The number of hydrogen-bond acceptors (Lipinski definition) is 5. The van der Waals surface area contributed by atoms with E-state index >= 15 is 0 Å².